The van der Waals surface area contributed by atoms with Gasteiger partial charge in [-0.1, -0.05) is 12.1 Å². The summed E-state index contributed by atoms with van der Waals surface area (Å²) in [6.07, 6.45) is 2.80. The predicted octanol–water partition coefficient (Wildman–Crippen LogP) is 2.06. The van der Waals surface area contributed by atoms with Gasteiger partial charge < -0.3 is 4.79 Å². The van der Waals surface area contributed by atoms with Crippen molar-refractivity contribution in [3.8, 4) is 5.69 Å². The van der Waals surface area contributed by atoms with Gasteiger partial charge in [0, 0.05) is 18.2 Å². The smallest absolute Gasteiger partial charge is 0.148 e. The van der Waals surface area contributed by atoms with Gasteiger partial charge in [-0.05, 0) is 19.1 Å². The van der Waals surface area contributed by atoms with E-state index in [1.165, 1.54) is 10.7 Å². The lowest BCUT2D eigenvalue weighted by Crippen LogP contribution is -1.97. The van der Waals surface area contributed by atoms with Gasteiger partial charge in [-0.2, -0.15) is 5.10 Å². The van der Waals surface area contributed by atoms with Crippen molar-refractivity contribution in [2.24, 2.45) is 0 Å². The van der Waals surface area contributed by atoms with Gasteiger partial charge in [-0.25, -0.2) is 9.07 Å². The van der Waals surface area contributed by atoms with Crippen LogP contribution in [-0.2, 0) is 11.2 Å². The van der Waals surface area contributed by atoms with E-state index >= 15 is 0 Å². The van der Waals surface area contributed by atoms with E-state index in [9.17, 15) is 9.18 Å². The third kappa shape index (κ3) is 1.86. The first-order valence-corrected chi connectivity index (χ1v) is 4.96. The largest absolute Gasteiger partial charge is 0.303 e. The maximum Gasteiger partial charge on any atom is 0.148 e. The molecule has 0 fully saturated rings. The highest BCUT2D eigenvalue weighted by molar-refractivity contribution is 5.55. The van der Waals surface area contributed by atoms with Crippen molar-refractivity contribution in [2.75, 3.05) is 0 Å². The average Bonchev–Trinajstić information content (AvgIpc) is 2.61. The van der Waals surface area contributed by atoms with E-state index in [0.717, 1.165) is 17.5 Å². The second-order valence-corrected chi connectivity index (χ2v) is 3.51. The van der Waals surface area contributed by atoms with Crippen LogP contribution >= 0.6 is 0 Å². The van der Waals surface area contributed by atoms with Crippen LogP contribution in [0.15, 0.2) is 30.5 Å². The molecule has 1 aromatic heterocycles. The lowest BCUT2D eigenvalue weighted by molar-refractivity contribution is -0.107. The van der Waals surface area contributed by atoms with Crippen LogP contribution in [0, 0.1) is 12.7 Å². The molecule has 1 aromatic carbocycles. The molecule has 0 aliphatic rings. The van der Waals surface area contributed by atoms with Gasteiger partial charge in [-0.15, -0.1) is 0 Å². The molecule has 4 heteroatoms. The van der Waals surface area contributed by atoms with Crippen LogP contribution in [0.3, 0.4) is 0 Å². The zero-order valence-electron chi connectivity index (χ0n) is 8.85. The summed E-state index contributed by atoms with van der Waals surface area (Å²) in [6.45, 7) is 1.80. The fraction of sp³-hybridized carbons (Fsp3) is 0.167. The molecule has 0 saturated carbocycles. The molecule has 0 atom stereocenters. The fourth-order valence-corrected chi connectivity index (χ4v) is 1.55. The van der Waals surface area contributed by atoms with Crippen LogP contribution in [0.2, 0.25) is 0 Å². The van der Waals surface area contributed by atoms with E-state index in [1.807, 2.05) is 0 Å². The van der Waals surface area contributed by atoms with Crippen LogP contribution in [0.5, 0.6) is 0 Å². The Labute approximate surface area is 92.5 Å². The summed E-state index contributed by atoms with van der Waals surface area (Å²) in [5.74, 6) is -0.331. The Morgan fingerprint density at radius 3 is 2.88 bits per heavy atom. The van der Waals surface area contributed by atoms with Gasteiger partial charge in [-0.3, -0.25) is 0 Å². The highest BCUT2D eigenvalue weighted by atomic mass is 19.1. The van der Waals surface area contributed by atoms with Crippen molar-refractivity contribution >= 4 is 6.29 Å². The standard InChI is InChI=1S/C12H11FN2O/c1-9-10(6-7-16)8-15(14-9)12-5-3-2-4-11(12)13/h2-5,7-8H,6H2,1H3. The minimum Gasteiger partial charge on any atom is -0.303 e. The minimum absolute atomic E-state index is 0.306. The molecule has 82 valence electrons. The summed E-state index contributed by atoms with van der Waals surface area (Å²) in [5.41, 5.74) is 1.95. The van der Waals surface area contributed by atoms with Crippen LogP contribution in [0.1, 0.15) is 11.3 Å². The number of aromatic nitrogens is 2. The molecular formula is C12H11FN2O. The molecule has 0 aliphatic carbocycles. The number of benzene rings is 1. The van der Waals surface area contributed by atoms with Gasteiger partial charge in [0.15, 0.2) is 0 Å². The summed E-state index contributed by atoms with van der Waals surface area (Å²) in [7, 11) is 0. The van der Waals surface area contributed by atoms with Crippen molar-refractivity contribution in [3.63, 3.8) is 0 Å². The molecule has 2 rings (SSSR count). The molecule has 0 unspecified atom stereocenters. The van der Waals surface area contributed by atoms with Gasteiger partial charge >= 0.3 is 0 Å². The normalized spacial score (nSPS) is 10.4. The number of hydrogen-bond acceptors (Lipinski definition) is 2. The molecule has 16 heavy (non-hydrogen) atoms. The van der Waals surface area contributed by atoms with Gasteiger partial charge in [0.1, 0.15) is 17.8 Å². The summed E-state index contributed by atoms with van der Waals surface area (Å²) >= 11 is 0. The number of aldehydes is 1. The second-order valence-electron chi connectivity index (χ2n) is 3.51. The molecule has 0 spiro atoms. The number of rotatable bonds is 3. The topological polar surface area (TPSA) is 34.9 Å². The number of halogens is 1. The Bertz CT molecular complexity index is 519. The van der Waals surface area contributed by atoms with E-state index in [4.69, 9.17) is 0 Å². The molecule has 0 saturated heterocycles. The Hall–Kier alpha value is -1.97. The lowest BCUT2D eigenvalue weighted by atomic mass is 10.2. The van der Waals surface area contributed by atoms with Crippen LogP contribution in [-0.4, -0.2) is 16.1 Å². The van der Waals surface area contributed by atoms with E-state index in [2.05, 4.69) is 5.10 Å². The number of carbonyl (C=O) groups is 1. The second kappa shape index (κ2) is 4.26. The number of nitrogens with zero attached hydrogens (tertiary/aromatic N) is 2. The van der Waals surface area contributed by atoms with Crippen molar-refractivity contribution in [2.45, 2.75) is 13.3 Å². The van der Waals surface area contributed by atoms with Crippen LogP contribution in [0.25, 0.3) is 5.69 Å². The molecule has 0 N–H and O–H groups in total. The third-order valence-corrected chi connectivity index (χ3v) is 2.40. The molecule has 0 radical (unpaired) electrons. The van der Waals surface area contributed by atoms with Gasteiger partial charge in [0.05, 0.1) is 5.69 Å². The van der Waals surface area contributed by atoms with Crippen molar-refractivity contribution in [1.82, 2.24) is 9.78 Å². The van der Waals surface area contributed by atoms with Gasteiger partial charge in [0.2, 0.25) is 0 Å². The fourth-order valence-electron chi connectivity index (χ4n) is 1.55. The summed E-state index contributed by atoms with van der Waals surface area (Å²) in [4.78, 5) is 10.4. The molecule has 0 bridgehead atoms. The summed E-state index contributed by atoms with van der Waals surface area (Å²) in [5, 5.41) is 4.18. The van der Waals surface area contributed by atoms with E-state index in [1.54, 1.807) is 31.3 Å². The first-order valence-electron chi connectivity index (χ1n) is 4.96. The van der Waals surface area contributed by atoms with Crippen LogP contribution in [0.4, 0.5) is 4.39 Å². The maximum atomic E-state index is 13.5. The number of aryl methyl sites for hydroxylation is 1. The molecular weight excluding hydrogens is 207 g/mol. The molecule has 0 amide bonds. The highest BCUT2D eigenvalue weighted by Gasteiger charge is 2.08. The number of para-hydroxylation sites is 1. The highest BCUT2D eigenvalue weighted by Crippen LogP contribution is 2.14. The van der Waals surface area contributed by atoms with E-state index in [0.29, 0.717) is 12.1 Å². The number of hydrogen-bond donors (Lipinski definition) is 0. The molecule has 1 heterocycles. The number of carbonyl (C=O) groups excluding carboxylic acids is 1. The van der Waals surface area contributed by atoms with Crippen molar-refractivity contribution in [3.05, 3.63) is 47.5 Å². The molecule has 3 nitrogen and oxygen atoms in total. The maximum absolute atomic E-state index is 13.5. The summed E-state index contributed by atoms with van der Waals surface area (Å²) < 4.78 is 14.9. The van der Waals surface area contributed by atoms with E-state index < -0.39 is 0 Å². The monoisotopic (exact) mass is 218 g/mol. The van der Waals surface area contributed by atoms with Crippen LogP contribution < -0.4 is 0 Å². The van der Waals surface area contributed by atoms with Crippen molar-refractivity contribution < 1.29 is 9.18 Å². The SMILES string of the molecule is Cc1nn(-c2ccccc2F)cc1CC=O. The Balaban J connectivity index is 2.45. The summed E-state index contributed by atoms with van der Waals surface area (Å²) in [6, 6.07) is 6.40. The first-order chi connectivity index (χ1) is 7.72. The van der Waals surface area contributed by atoms with Crippen molar-refractivity contribution in [1.29, 1.82) is 0 Å². The Morgan fingerprint density at radius 2 is 2.19 bits per heavy atom. The third-order valence-electron chi connectivity index (χ3n) is 2.40. The molecule has 0 aliphatic heterocycles. The van der Waals surface area contributed by atoms with Gasteiger partial charge in [0.25, 0.3) is 0 Å². The Kier molecular flexibility index (Phi) is 2.81. The first kappa shape index (κ1) is 10.5. The van der Waals surface area contributed by atoms with E-state index in [-0.39, 0.29) is 5.82 Å². The minimum atomic E-state index is -0.331. The molecule has 2 aromatic rings. The zero-order valence-corrected chi connectivity index (χ0v) is 8.85. The predicted molar refractivity (Wildman–Crippen MR) is 58.0 cm³/mol. The quantitative estimate of drug-likeness (QED) is 0.739. The Morgan fingerprint density at radius 1 is 1.44 bits per heavy atom. The zero-order chi connectivity index (χ0) is 11.5. The lowest BCUT2D eigenvalue weighted by Gasteiger charge is -2.01. The average molecular weight is 218 g/mol.